The second-order valence-electron chi connectivity index (χ2n) is 8.35. The monoisotopic (exact) mass is 552 g/mol. The van der Waals surface area contributed by atoms with Crippen LogP contribution in [0.4, 0.5) is 32.3 Å². The van der Waals surface area contributed by atoms with E-state index < -0.39 is 24.3 Å². The molecule has 0 saturated carbocycles. The molecule has 2 fully saturated rings. The first-order valence-electron chi connectivity index (χ1n) is 11.3. The maximum atomic E-state index is 10.6. The largest absolute Gasteiger partial charge is 0.490 e. The SMILES string of the molecule is O=C(O)C(F)(F)F.O=C(O)C(F)(F)F.c1ccc(CCN2C[C@@H]3[C@@H](CNc4ncccn4)CO[C@@H]3C2)cc1. The van der Waals surface area contributed by atoms with E-state index in [1.54, 1.807) is 12.4 Å². The number of halogens is 6. The summed E-state index contributed by atoms with van der Waals surface area (Å²) in [6, 6.07) is 12.6. The molecular formula is C23H26F6N4O5. The van der Waals surface area contributed by atoms with Crippen LogP contribution in [0.3, 0.4) is 0 Å². The van der Waals surface area contributed by atoms with Crippen LogP contribution in [0.5, 0.6) is 0 Å². The molecular weight excluding hydrogens is 526 g/mol. The number of anilines is 1. The van der Waals surface area contributed by atoms with Crippen molar-refractivity contribution in [2.24, 2.45) is 11.8 Å². The normalized spacial score (nSPS) is 20.8. The fourth-order valence-electron chi connectivity index (χ4n) is 3.82. The number of aromatic nitrogens is 2. The van der Waals surface area contributed by atoms with Gasteiger partial charge in [-0.05, 0) is 18.1 Å². The van der Waals surface area contributed by atoms with Crippen LogP contribution in [0.1, 0.15) is 5.56 Å². The van der Waals surface area contributed by atoms with Crippen LogP contribution in [0.15, 0.2) is 48.8 Å². The Morgan fingerprint density at radius 2 is 1.50 bits per heavy atom. The van der Waals surface area contributed by atoms with Crippen molar-refractivity contribution in [2.75, 3.05) is 38.1 Å². The average molecular weight is 552 g/mol. The van der Waals surface area contributed by atoms with Crippen molar-refractivity contribution < 1.29 is 50.9 Å². The highest BCUT2D eigenvalue weighted by Crippen LogP contribution is 2.33. The van der Waals surface area contributed by atoms with Crippen LogP contribution in [-0.2, 0) is 20.7 Å². The van der Waals surface area contributed by atoms with Crippen molar-refractivity contribution in [3.63, 3.8) is 0 Å². The number of nitrogens with zero attached hydrogens (tertiary/aromatic N) is 3. The summed E-state index contributed by atoms with van der Waals surface area (Å²) >= 11 is 0. The summed E-state index contributed by atoms with van der Waals surface area (Å²) in [5, 5.41) is 17.6. The molecule has 0 spiro atoms. The van der Waals surface area contributed by atoms with Crippen molar-refractivity contribution >= 4 is 17.9 Å². The van der Waals surface area contributed by atoms with Crippen molar-refractivity contribution in [3.8, 4) is 0 Å². The van der Waals surface area contributed by atoms with Gasteiger partial charge in [-0.2, -0.15) is 26.3 Å². The number of carboxylic acids is 2. The zero-order valence-electron chi connectivity index (χ0n) is 19.8. The molecule has 2 saturated heterocycles. The molecule has 4 rings (SSSR count). The minimum absolute atomic E-state index is 0.393. The molecule has 3 N–H and O–H groups in total. The Bertz CT molecular complexity index is 987. The smallest absolute Gasteiger partial charge is 0.475 e. The summed E-state index contributed by atoms with van der Waals surface area (Å²) in [4.78, 5) is 28.8. The maximum absolute atomic E-state index is 10.6. The Morgan fingerprint density at radius 3 is 2.03 bits per heavy atom. The Morgan fingerprint density at radius 1 is 0.947 bits per heavy atom. The van der Waals surface area contributed by atoms with Crippen LogP contribution < -0.4 is 5.32 Å². The number of benzene rings is 1. The maximum Gasteiger partial charge on any atom is 0.490 e. The van der Waals surface area contributed by atoms with Gasteiger partial charge >= 0.3 is 24.3 Å². The first-order valence-corrected chi connectivity index (χ1v) is 11.3. The predicted octanol–water partition coefficient (Wildman–Crippen LogP) is 3.34. The summed E-state index contributed by atoms with van der Waals surface area (Å²) < 4.78 is 69.5. The van der Waals surface area contributed by atoms with Crippen molar-refractivity contribution in [2.45, 2.75) is 24.9 Å². The fraction of sp³-hybridized carbons (Fsp3) is 0.478. The standard InChI is InChI=1S/C19H24N4O.2C2HF3O2/c1-2-5-15(6-3-1)7-10-23-12-17-16(14-24-18(17)13-23)11-22-19-20-8-4-9-21-19;2*3-2(4,5)1(6)7/h1-6,8-9,16-18H,7,10-14H2,(H,20,21,22);2*(H,6,7)/t16-,17+,18+;;/m0../s1. The Kier molecular flexibility index (Phi) is 11.3. The molecule has 1 aromatic carbocycles. The van der Waals surface area contributed by atoms with Crippen LogP contribution in [0.25, 0.3) is 0 Å². The number of likely N-dealkylation sites (tertiary alicyclic amines) is 1. The molecule has 2 aliphatic rings. The highest BCUT2D eigenvalue weighted by Gasteiger charge is 2.43. The van der Waals surface area contributed by atoms with Crippen LogP contribution >= 0.6 is 0 Å². The number of carbonyl (C=O) groups is 2. The Hall–Kier alpha value is -3.46. The van der Waals surface area contributed by atoms with Gasteiger partial charge in [0, 0.05) is 50.4 Å². The summed E-state index contributed by atoms with van der Waals surface area (Å²) in [6.45, 7) is 5.05. The van der Waals surface area contributed by atoms with Gasteiger partial charge in [-0.15, -0.1) is 0 Å². The molecule has 0 aliphatic carbocycles. The van der Waals surface area contributed by atoms with Gasteiger partial charge in [-0.3, -0.25) is 0 Å². The van der Waals surface area contributed by atoms with Gasteiger partial charge in [0.2, 0.25) is 5.95 Å². The van der Waals surface area contributed by atoms with Gasteiger partial charge in [-0.1, -0.05) is 30.3 Å². The molecule has 2 aliphatic heterocycles. The molecule has 3 heterocycles. The Labute approximate surface area is 213 Å². The number of carboxylic acid groups (broad SMARTS) is 2. The molecule has 0 amide bonds. The quantitative estimate of drug-likeness (QED) is 0.463. The fourth-order valence-corrected chi connectivity index (χ4v) is 3.82. The van der Waals surface area contributed by atoms with Crippen LogP contribution in [0, 0.1) is 11.8 Å². The number of alkyl halides is 6. The molecule has 15 heteroatoms. The van der Waals surface area contributed by atoms with Gasteiger partial charge in [-0.25, -0.2) is 19.6 Å². The van der Waals surface area contributed by atoms with Crippen molar-refractivity contribution in [3.05, 3.63) is 54.4 Å². The van der Waals surface area contributed by atoms with E-state index in [0.717, 1.165) is 39.2 Å². The van der Waals surface area contributed by atoms with E-state index in [1.165, 1.54) is 5.56 Å². The molecule has 1 aromatic heterocycles. The third kappa shape index (κ3) is 10.5. The number of fused-ring (bicyclic) bond motifs is 1. The van der Waals surface area contributed by atoms with Gasteiger partial charge in [0.25, 0.3) is 0 Å². The lowest BCUT2D eigenvalue weighted by Crippen LogP contribution is -2.29. The second kappa shape index (κ2) is 13.9. The van der Waals surface area contributed by atoms with Crippen molar-refractivity contribution in [1.82, 2.24) is 14.9 Å². The van der Waals surface area contributed by atoms with E-state index in [2.05, 4.69) is 50.5 Å². The number of nitrogens with one attached hydrogen (secondary N) is 1. The summed E-state index contributed by atoms with van der Waals surface area (Å²) in [6.07, 6.45) is -5.13. The molecule has 38 heavy (non-hydrogen) atoms. The van der Waals surface area contributed by atoms with E-state index in [-0.39, 0.29) is 0 Å². The molecule has 0 radical (unpaired) electrons. The molecule has 0 bridgehead atoms. The van der Waals surface area contributed by atoms with E-state index in [1.807, 2.05) is 6.07 Å². The average Bonchev–Trinajstić information content (AvgIpc) is 3.43. The zero-order valence-corrected chi connectivity index (χ0v) is 19.8. The van der Waals surface area contributed by atoms with Crippen molar-refractivity contribution in [1.29, 1.82) is 0 Å². The zero-order chi connectivity index (χ0) is 28.3. The van der Waals surface area contributed by atoms with E-state index in [9.17, 15) is 26.3 Å². The lowest BCUT2D eigenvalue weighted by Gasteiger charge is -2.20. The first kappa shape index (κ1) is 30.8. The van der Waals surface area contributed by atoms with Gasteiger partial charge in [0.15, 0.2) is 0 Å². The minimum atomic E-state index is -5.08. The second-order valence-corrected chi connectivity index (χ2v) is 8.35. The Balaban J connectivity index is 0.000000301. The summed E-state index contributed by atoms with van der Waals surface area (Å²) in [5.74, 6) is -3.64. The molecule has 210 valence electrons. The molecule has 9 nitrogen and oxygen atoms in total. The lowest BCUT2D eigenvalue weighted by atomic mass is 9.93. The number of hydrogen-bond acceptors (Lipinski definition) is 7. The molecule has 2 aromatic rings. The number of aliphatic carboxylic acids is 2. The number of ether oxygens (including phenoxy) is 1. The highest BCUT2D eigenvalue weighted by molar-refractivity contribution is 5.73. The predicted molar refractivity (Wildman–Crippen MR) is 121 cm³/mol. The van der Waals surface area contributed by atoms with Gasteiger partial charge < -0.3 is 25.2 Å². The summed E-state index contributed by atoms with van der Waals surface area (Å²) in [5.41, 5.74) is 1.41. The number of rotatable bonds is 6. The van der Waals surface area contributed by atoms with Crippen LogP contribution in [0.2, 0.25) is 0 Å². The van der Waals surface area contributed by atoms with Crippen LogP contribution in [-0.4, -0.2) is 88.3 Å². The molecule has 0 unspecified atom stereocenters. The lowest BCUT2D eigenvalue weighted by molar-refractivity contribution is -0.193. The first-order chi connectivity index (χ1) is 17.8. The van der Waals surface area contributed by atoms with E-state index in [4.69, 9.17) is 24.5 Å². The van der Waals surface area contributed by atoms with E-state index in [0.29, 0.717) is 23.9 Å². The van der Waals surface area contributed by atoms with Gasteiger partial charge in [0.1, 0.15) is 0 Å². The van der Waals surface area contributed by atoms with E-state index >= 15 is 0 Å². The minimum Gasteiger partial charge on any atom is -0.475 e. The number of hydrogen-bond donors (Lipinski definition) is 3. The topological polar surface area (TPSA) is 125 Å². The third-order valence-electron chi connectivity index (χ3n) is 5.65. The summed E-state index contributed by atoms with van der Waals surface area (Å²) in [7, 11) is 0. The van der Waals surface area contributed by atoms with Gasteiger partial charge in [0.05, 0.1) is 12.7 Å². The highest BCUT2D eigenvalue weighted by atomic mass is 19.4. The molecule has 3 atom stereocenters. The third-order valence-corrected chi connectivity index (χ3v) is 5.65.